The molecule has 0 bridgehead atoms. The molecule has 0 aromatic rings. The first-order valence-corrected chi connectivity index (χ1v) is 4.04. The minimum atomic E-state index is -0.0741. The quantitative estimate of drug-likeness (QED) is 0.406. The Balaban J connectivity index is 0.000001000. The largest absolute Gasteiger partial charge is 1.00 e. The van der Waals surface area contributed by atoms with Gasteiger partial charge in [0.25, 0.3) is 0 Å². The van der Waals surface area contributed by atoms with Crippen LogP contribution in [0.4, 0.5) is 0 Å². The van der Waals surface area contributed by atoms with Gasteiger partial charge in [-0.25, -0.2) is 0 Å². The molecule has 0 radical (unpaired) electrons. The Morgan fingerprint density at radius 3 is 2.36 bits per heavy atom. The van der Waals surface area contributed by atoms with Gasteiger partial charge in [-0.15, -0.1) is 0 Å². The van der Waals surface area contributed by atoms with Gasteiger partial charge in [0.2, 0.25) is 0 Å². The highest BCUT2D eigenvalue weighted by atomic mass is 35.5. The SMILES string of the molecule is CC1CC(O)CC(C)(C)[NH2+]1.[Cl-]. The number of piperidine rings is 1. The number of hydrogen-bond acceptors (Lipinski definition) is 1. The second kappa shape index (κ2) is 3.74. The summed E-state index contributed by atoms with van der Waals surface area (Å²) in [5.41, 5.74) is 0.247. The summed E-state index contributed by atoms with van der Waals surface area (Å²) in [6.45, 7) is 6.54. The molecule has 68 valence electrons. The summed E-state index contributed by atoms with van der Waals surface area (Å²) >= 11 is 0. The van der Waals surface area contributed by atoms with E-state index in [9.17, 15) is 5.11 Å². The zero-order valence-corrected chi connectivity index (χ0v) is 8.23. The number of hydrogen-bond donors (Lipinski definition) is 2. The van der Waals surface area contributed by atoms with E-state index in [1.807, 2.05) is 0 Å². The average Bonchev–Trinajstić information content (AvgIpc) is 1.54. The van der Waals surface area contributed by atoms with Crippen LogP contribution in [0, 0.1) is 0 Å². The van der Waals surface area contributed by atoms with Gasteiger partial charge >= 0.3 is 0 Å². The third-order valence-corrected chi connectivity index (χ3v) is 2.14. The summed E-state index contributed by atoms with van der Waals surface area (Å²) in [6, 6.07) is 0.582. The van der Waals surface area contributed by atoms with E-state index in [0.717, 1.165) is 12.8 Å². The molecule has 3 N–H and O–H groups in total. The molecule has 2 unspecified atom stereocenters. The second-order valence-corrected chi connectivity index (χ2v) is 4.23. The van der Waals surface area contributed by atoms with Crippen molar-refractivity contribution >= 4 is 0 Å². The Kier molecular flexibility index (Phi) is 3.82. The topological polar surface area (TPSA) is 36.8 Å². The summed E-state index contributed by atoms with van der Waals surface area (Å²) < 4.78 is 0. The lowest BCUT2D eigenvalue weighted by Gasteiger charge is -2.34. The van der Waals surface area contributed by atoms with E-state index < -0.39 is 0 Å². The highest BCUT2D eigenvalue weighted by molar-refractivity contribution is 4.76. The van der Waals surface area contributed by atoms with E-state index in [2.05, 4.69) is 26.1 Å². The van der Waals surface area contributed by atoms with Gasteiger partial charge in [-0.2, -0.15) is 0 Å². The Morgan fingerprint density at radius 2 is 2.00 bits per heavy atom. The lowest BCUT2D eigenvalue weighted by atomic mass is 9.88. The van der Waals surface area contributed by atoms with Gasteiger partial charge in [0, 0.05) is 12.8 Å². The Morgan fingerprint density at radius 1 is 1.45 bits per heavy atom. The molecular formula is C8H18ClNO. The Bertz CT molecular complexity index is 115. The first kappa shape index (κ1) is 11.2. The Hall–Kier alpha value is 0.210. The summed E-state index contributed by atoms with van der Waals surface area (Å²) in [5, 5.41) is 11.7. The molecule has 0 aromatic heterocycles. The van der Waals surface area contributed by atoms with Gasteiger partial charge in [-0.1, -0.05) is 0 Å². The van der Waals surface area contributed by atoms with Crippen LogP contribution in [0.25, 0.3) is 0 Å². The molecule has 0 saturated carbocycles. The molecule has 1 fully saturated rings. The fraction of sp³-hybridized carbons (Fsp3) is 1.00. The normalized spacial score (nSPS) is 36.0. The van der Waals surface area contributed by atoms with Gasteiger partial charge in [-0.3, -0.25) is 0 Å². The number of halogens is 1. The molecule has 1 aliphatic rings. The molecule has 1 saturated heterocycles. The van der Waals surface area contributed by atoms with E-state index in [-0.39, 0.29) is 24.0 Å². The summed E-state index contributed by atoms with van der Waals surface area (Å²) in [4.78, 5) is 0. The van der Waals surface area contributed by atoms with E-state index in [1.165, 1.54) is 0 Å². The number of quaternary nitrogens is 1. The second-order valence-electron chi connectivity index (χ2n) is 4.23. The third kappa shape index (κ3) is 3.41. The number of aliphatic hydroxyl groups is 1. The van der Waals surface area contributed by atoms with Crippen molar-refractivity contribution in [3.63, 3.8) is 0 Å². The van der Waals surface area contributed by atoms with Gasteiger partial charge < -0.3 is 22.8 Å². The molecule has 0 amide bonds. The fourth-order valence-corrected chi connectivity index (χ4v) is 2.03. The van der Waals surface area contributed by atoms with Crippen molar-refractivity contribution in [2.24, 2.45) is 0 Å². The Labute approximate surface area is 74.8 Å². The fourth-order valence-electron chi connectivity index (χ4n) is 2.03. The van der Waals surface area contributed by atoms with Gasteiger partial charge in [0.05, 0.1) is 17.7 Å². The average molecular weight is 180 g/mol. The summed E-state index contributed by atoms with van der Waals surface area (Å²) in [7, 11) is 0. The molecule has 0 spiro atoms. The van der Waals surface area contributed by atoms with Crippen LogP contribution >= 0.6 is 0 Å². The first-order chi connectivity index (χ1) is 4.49. The van der Waals surface area contributed by atoms with Crippen LogP contribution in [0.15, 0.2) is 0 Å². The smallest absolute Gasteiger partial charge is 0.0931 e. The van der Waals surface area contributed by atoms with Gasteiger partial charge in [-0.05, 0) is 20.8 Å². The zero-order chi connectivity index (χ0) is 7.78. The van der Waals surface area contributed by atoms with Crippen molar-refractivity contribution in [2.75, 3.05) is 0 Å². The number of rotatable bonds is 0. The number of aliphatic hydroxyl groups excluding tert-OH is 1. The van der Waals surface area contributed by atoms with Crippen molar-refractivity contribution < 1.29 is 22.8 Å². The molecule has 1 heterocycles. The lowest BCUT2D eigenvalue weighted by molar-refractivity contribution is -0.759. The van der Waals surface area contributed by atoms with Crippen LogP contribution < -0.4 is 17.7 Å². The van der Waals surface area contributed by atoms with Gasteiger partial charge in [0.15, 0.2) is 0 Å². The first-order valence-electron chi connectivity index (χ1n) is 4.04. The van der Waals surface area contributed by atoms with Crippen molar-refractivity contribution in [1.82, 2.24) is 0 Å². The summed E-state index contributed by atoms with van der Waals surface area (Å²) in [6.07, 6.45) is 1.80. The molecule has 1 aliphatic heterocycles. The van der Waals surface area contributed by atoms with Crippen LogP contribution in [-0.2, 0) is 0 Å². The van der Waals surface area contributed by atoms with Crippen LogP contribution in [0.5, 0.6) is 0 Å². The maximum Gasteiger partial charge on any atom is 0.0931 e. The molecular weight excluding hydrogens is 162 g/mol. The highest BCUT2D eigenvalue weighted by Crippen LogP contribution is 2.14. The third-order valence-electron chi connectivity index (χ3n) is 2.14. The van der Waals surface area contributed by atoms with E-state index in [1.54, 1.807) is 0 Å². The van der Waals surface area contributed by atoms with E-state index in [4.69, 9.17) is 0 Å². The van der Waals surface area contributed by atoms with Crippen LogP contribution in [0.2, 0.25) is 0 Å². The van der Waals surface area contributed by atoms with Crippen LogP contribution in [0.3, 0.4) is 0 Å². The minimum absolute atomic E-state index is 0. The highest BCUT2D eigenvalue weighted by Gasteiger charge is 2.33. The predicted molar refractivity (Wildman–Crippen MR) is 40.7 cm³/mol. The lowest BCUT2D eigenvalue weighted by Crippen LogP contribution is -3.01. The molecule has 0 aromatic carbocycles. The predicted octanol–water partition coefficient (Wildman–Crippen LogP) is -3.12. The van der Waals surface area contributed by atoms with Crippen molar-refractivity contribution in [3.05, 3.63) is 0 Å². The standard InChI is InChI=1S/C8H17NO.ClH/c1-6-4-7(10)5-8(2,3)9-6;/h6-7,9-10H,4-5H2,1-3H3;1H. The molecule has 1 rings (SSSR count). The minimum Gasteiger partial charge on any atom is -1.00 e. The van der Waals surface area contributed by atoms with Crippen molar-refractivity contribution in [3.8, 4) is 0 Å². The van der Waals surface area contributed by atoms with E-state index in [0.29, 0.717) is 6.04 Å². The molecule has 3 heteroatoms. The monoisotopic (exact) mass is 179 g/mol. The molecule has 11 heavy (non-hydrogen) atoms. The summed E-state index contributed by atoms with van der Waals surface area (Å²) in [5.74, 6) is 0. The number of nitrogens with two attached hydrogens (primary N) is 1. The molecule has 0 aliphatic carbocycles. The van der Waals surface area contributed by atoms with Crippen molar-refractivity contribution in [1.29, 1.82) is 0 Å². The van der Waals surface area contributed by atoms with Crippen LogP contribution in [0.1, 0.15) is 33.6 Å². The van der Waals surface area contributed by atoms with Crippen LogP contribution in [-0.4, -0.2) is 22.8 Å². The van der Waals surface area contributed by atoms with Crippen molar-refractivity contribution in [2.45, 2.75) is 51.3 Å². The van der Waals surface area contributed by atoms with E-state index >= 15 is 0 Å². The molecule has 2 nitrogen and oxygen atoms in total. The maximum atomic E-state index is 9.40. The van der Waals surface area contributed by atoms with Gasteiger partial charge in [0.1, 0.15) is 0 Å². The maximum absolute atomic E-state index is 9.40. The molecule has 2 atom stereocenters. The zero-order valence-electron chi connectivity index (χ0n) is 7.47.